The van der Waals surface area contributed by atoms with Gasteiger partial charge < -0.3 is 18.7 Å². The molecule has 0 atom stereocenters. The summed E-state index contributed by atoms with van der Waals surface area (Å²) in [7, 11) is -9.00. The number of pyridine rings is 1. The largest absolute Gasteiger partial charge is 0.524 e. The normalized spacial score (nSPS) is 13.0. The van der Waals surface area contributed by atoms with E-state index in [4.69, 9.17) is 18.7 Å². The molecule has 0 fully saturated rings. The average Bonchev–Trinajstić information content (AvgIpc) is 2.81. The molecule has 0 aliphatic carbocycles. The van der Waals surface area contributed by atoms with Gasteiger partial charge in [0.1, 0.15) is 11.4 Å². The molecule has 17 heteroatoms. The molecule has 0 saturated carbocycles. The van der Waals surface area contributed by atoms with E-state index in [0.29, 0.717) is 36.6 Å². The summed E-state index contributed by atoms with van der Waals surface area (Å²) in [6.07, 6.45) is -4.55. The van der Waals surface area contributed by atoms with E-state index in [0.717, 1.165) is 0 Å². The van der Waals surface area contributed by atoms with E-state index in [1.165, 1.54) is 18.3 Å². The van der Waals surface area contributed by atoms with Gasteiger partial charge in [0, 0.05) is 22.3 Å². The van der Waals surface area contributed by atoms with Gasteiger partial charge in [0.2, 0.25) is 0 Å². The van der Waals surface area contributed by atoms with Crippen LogP contribution in [0.2, 0.25) is 51.4 Å². The van der Waals surface area contributed by atoms with Gasteiger partial charge in [0.05, 0.1) is 30.0 Å². The van der Waals surface area contributed by atoms with Crippen LogP contribution in [0.25, 0.3) is 0 Å². The van der Waals surface area contributed by atoms with Crippen LogP contribution in [0.4, 0.5) is 23.7 Å². The van der Waals surface area contributed by atoms with Crippen LogP contribution >= 0.6 is 7.82 Å². The average molecular weight is 653 g/mol. The van der Waals surface area contributed by atoms with Crippen LogP contribution in [0.5, 0.6) is 5.75 Å². The molecule has 1 amide bonds. The second kappa shape index (κ2) is 13.8. The first-order chi connectivity index (χ1) is 19.1. The predicted octanol–water partition coefficient (Wildman–Crippen LogP) is 6.45. The molecule has 3 N–H and O–H groups in total. The molecule has 0 radical (unpaired) electrons. The number of hydrogen-bond donors (Lipinski definition) is 3. The molecular formula is C25H36F3N2O9PSi2. The maximum Gasteiger partial charge on any atom is 0.524 e. The number of benzene rings is 1. The van der Waals surface area contributed by atoms with Gasteiger partial charge in [-0.3, -0.25) is 24.9 Å². The molecule has 234 valence electrons. The van der Waals surface area contributed by atoms with Crippen LogP contribution < -0.4 is 9.84 Å². The van der Waals surface area contributed by atoms with E-state index in [9.17, 15) is 37.1 Å². The Morgan fingerprint density at radius 3 is 2.07 bits per heavy atom. The van der Waals surface area contributed by atoms with Gasteiger partial charge in [0.15, 0.2) is 6.29 Å². The smallest absolute Gasteiger partial charge is 0.404 e. The van der Waals surface area contributed by atoms with Gasteiger partial charge in [-0.25, -0.2) is 9.36 Å². The summed E-state index contributed by atoms with van der Waals surface area (Å²) in [4.78, 5) is 47.5. The van der Waals surface area contributed by atoms with Crippen molar-refractivity contribution in [2.75, 3.05) is 18.5 Å². The number of aldehydes is 1. The molecule has 0 spiro atoms. The Morgan fingerprint density at radius 1 is 1.02 bits per heavy atom. The molecule has 42 heavy (non-hydrogen) atoms. The van der Waals surface area contributed by atoms with Crippen LogP contribution in [0.3, 0.4) is 0 Å². The number of halogens is 3. The summed E-state index contributed by atoms with van der Waals surface area (Å²) in [6, 6.07) is 5.37. The van der Waals surface area contributed by atoms with Gasteiger partial charge >= 0.3 is 26.1 Å². The Balaban J connectivity index is 2.76. The van der Waals surface area contributed by atoms with E-state index in [2.05, 4.69) is 10.3 Å². The molecule has 1 aromatic carbocycles. The van der Waals surface area contributed by atoms with Crippen molar-refractivity contribution in [3.63, 3.8) is 0 Å². The highest BCUT2D eigenvalue weighted by Gasteiger charge is 2.46. The standard InChI is InChI=1S/C25H36F3N2O9PSi2/c1-41(2,3)14-12-36-25(37-13-15-42(4,5)6,38-23(32)30-20-8-7-11-29-21(20)17-31)19-16-18(24(26,27)28)9-10-22(19)39-40(33,34)35/h7-11,16-17H,12-15H2,1-6H3,(H,30,32)(H2,33,34,35). The number of ether oxygens (including phenoxy) is 3. The van der Waals surface area contributed by atoms with Crippen LogP contribution in [0, 0.1) is 0 Å². The number of nitrogens with one attached hydrogen (secondary N) is 1. The SMILES string of the molecule is C[Si](C)(C)CCOC(OCC[Si](C)(C)C)(OC(=O)Nc1cccnc1C=O)c1cc(C(F)(F)F)ccc1OP(=O)(O)O. The second-order valence-electron chi connectivity index (χ2n) is 11.7. The van der Waals surface area contributed by atoms with Crippen molar-refractivity contribution in [1.82, 2.24) is 4.98 Å². The van der Waals surface area contributed by atoms with Crippen molar-refractivity contribution in [2.24, 2.45) is 0 Å². The molecule has 2 aromatic rings. The molecule has 2 rings (SSSR count). The summed E-state index contributed by atoms with van der Waals surface area (Å²) >= 11 is 0. The monoisotopic (exact) mass is 652 g/mol. The lowest BCUT2D eigenvalue weighted by Crippen LogP contribution is -2.42. The fraction of sp³-hybridized carbons (Fsp3) is 0.480. The highest BCUT2D eigenvalue weighted by atomic mass is 31.2. The first-order valence-electron chi connectivity index (χ1n) is 12.8. The highest BCUT2D eigenvalue weighted by Crippen LogP contribution is 2.46. The number of phosphoric ester groups is 1. The Kier molecular flexibility index (Phi) is 11.7. The molecule has 0 aliphatic rings. The zero-order valence-corrected chi connectivity index (χ0v) is 27.0. The number of anilines is 1. The van der Waals surface area contributed by atoms with Crippen molar-refractivity contribution >= 4 is 42.0 Å². The number of amides is 1. The summed E-state index contributed by atoms with van der Waals surface area (Å²) in [5, 5.41) is 2.30. The highest BCUT2D eigenvalue weighted by molar-refractivity contribution is 7.46. The number of alkyl halides is 3. The minimum absolute atomic E-state index is 0.0775. The minimum Gasteiger partial charge on any atom is -0.404 e. The van der Waals surface area contributed by atoms with E-state index in [-0.39, 0.29) is 24.6 Å². The van der Waals surface area contributed by atoms with E-state index in [1.54, 1.807) is 0 Å². The lowest BCUT2D eigenvalue weighted by atomic mass is 10.1. The molecule has 11 nitrogen and oxygen atoms in total. The van der Waals surface area contributed by atoms with Crippen LogP contribution in [-0.4, -0.2) is 56.5 Å². The van der Waals surface area contributed by atoms with E-state index >= 15 is 0 Å². The number of carbonyl (C=O) groups is 2. The lowest BCUT2D eigenvalue weighted by molar-refractivity contribution is -0.364. The number of phosphoric acid groups is 1. The Morgan fingerprint density at radius 2 is 1.60 bits per heavy atom. The Labute approximate surface area is 244 Å². The maximum atomic E-state index is 13.9. The van der Waals surface area contributed by atoms with Crippen LogP contribution in [0.15, 0.2) is 36.5 Å². The molecule has 0 aliphatic heterocycles. The van der Waals surface area contributed by atoms with E-state index < -0.39 is 59.1 Å². The van der Waals surface area contributed by atoms with Gasteiger partial charge in [-0.15, -0.1) is 0 Å². The van der Waals surface area contributed by atoms with Crippen molar-refractivity contribution in [3.8, 4) is 5.75 Å². The number of aromatic nitrogens is 1. The zero-order chi connectivity index (χ0) is 32.0. The molecule has 0 bridgehead atoms. The second-order valence-corrected chi connectivity index (χ2v) is 24.1. The summed E-state index contributed by atoms with van der Waals surface area (Å²) < 4.78 is 75.6. The summed E-state index contributed by atoms with van der Waals surface area (Å²) in [6.45, 7) is 11.7. The van der Waals surface area contributed by atoms with Gasteiger partial charge in [-0.2, -0.15) is 13.2 Å². The fourth-order valence-electron chi connectivity index (χ4n) is 3.32. The van der Waals surface area contributed by atoms with Crippen molar-refractivity contribution < 1.29 is 55.8 Å². The van der Waals surface area contributed by atoms with Crippen molar-refractivity contribution in [1.29, 1.82) is 0 Å². The topological polar surface area (TPSA) is 154 Å². The van der Waals surface area contributed by atoms with Gasteiger partial charge in [-0.1, -0.05) is 39.3 Å². The van der Waals surface area contributed by atoms with Crippen molar-refractivity contribution in [3.05, 3.63) is 53.3 Å². The summed E-state index contributed by atoms with van der Waals surface area (Å²) in [5.41, 5.74) is -2.22. The first-order valence-corrected chi connectivity index (χ1v) is 21.7. The minimum atomic E-state index is -5.33. The third-order valence-electron chi connectivity index (χ3n) is 5.56. The molecule has 1 heterocycles. The Bertz CT molecular complexity index is 1280. The van der Waals surface area contributed by atoms with Crippen LogP contribution in [-0.2, 0) is 30.9 Å². The number of nitrogens with zero attached hydrogens (tertiary/aromatic N) is 1. The molecule has 1 aromatic heterocycles. The van der Waals surface area contributed by atoms with Crippen molar-refractivity contribution in [2.45, 2.75) is 63.5 Å². The molecular weight excluding hydrogens is 616 g/mol. The summed E-state index contributed by atoms with van der Waals surface area (Å²) in [5.74, 6) is -3.52. The van der Waals surface area contributed by atoms with E-state index in [1.807, 2.05) is 39.3 Å². The van der Waals surface area contributed by atoms with Crippen LogP contribution in [0.1, 0.15) is 21.6 Å². The number of rotatable bonds is 14. The number of carbonyl (C=O) groups excluding carboxylic acids is 2. The first kappa shape index (κ1) is 35.6. The van der Waals surface area contributed by atoms with Gasteiger partial charge in [-0.05, 0) is 42.4 Å². The quantitative estimate of drug-likeness (QED) is 0.0898. The third kappa shape index (κ3) is 11.6. The molecule has 0 saturated heterocycles. The predicted molar refractivity (Wildman–Crippen MR) is 154 cm³/mol. The Hall–Kier alpha value is -2.60. The van der Waals surface area contributed by atoms with Gasteiger partial charge in [0.25, 0.3) is 0 Å². The maximum absolute atomic E-state index is 13.9. The number of hydrogen-bond acceptors (Lipinski definition) is 8. The third-order valence-corrected chi connectivity index (χ3v) is 9.40. The fourth-order valence-corrected chi connectivity index (χ4v) is 5.17. The zero-order valence-electron chi connectivity index (χ0n) is 24.2. The molecule has 0 unspecified atom stereocenters. The lowest BCUT2D eigenvalue weighted by Gasteiger charge is -2.35.